The Kier molecular flexibility index (Phi) is 2.37. The van der Waals surface area contributed by atoms with E-state index < -0.39 is 17.4 Å². The second-order valence-corrected chi connectivity index (χ2v) is 2.11. The van der Waals surface area contributed by atoms with E-state index in [1.165, 1.54) is 0 Å². The first kappa shape index (κ1) is 10.8. The third kappa shape index (κ3) is 1.90. The maximum Gasteiger partial charge on any atom is 0.446 e. The van der Waals surface area contributed by atoms with Crippen LogP contribution in [0.25, 0.3) is 0 Å². The largest absolute Gasteiger partial charge is 0.446 e. The molecule has 0 aliphatic carbocycles. The maximum absolute atomic E-state index is 11.7. The summed E-state index contributed by atoms with van der Waals surface area (Å²) < 4.78 is 67.5. The SMILES string of the molecule is [O]C(F)(F)C(F)(Cl)C(F)(F)F. The molecule has 0 heterocycles. The molecule has 0 saturated heterocycles. The fourth-order valence-corrected chi connectivity index (χ4v) is 0.165. The smallest absolute Gasteiger partial charge is 0.206 e. The Morgan fingerprint density at radius 3 is 1.18 bits per heavy atom. The zero-order chi connectivity index (χ0) is 9.50. The average Bonchev–Trinajstić information content (AvgIpc) is 1.58. The van der Waals surface area contributed by atoms with Gasteiger partial charge < -0.3 is 0 Å². The van der Waals surface area contributed by atoms with Crippen molar-refractivity contribution in [2.45, 2.75) is 17.4 Å². The van der Waals surface area contributed by atoms with Gasteiger partial charge in [0.2, 0.25) is 0 Å². The molecule has 0 aromatic rings. The molecule has 67 valence electrons. The van der Waals surface area contributed by atoms with Gasteiger partial charge in [0.25, 0.3) is 0 Å². The van der Waals surface area contributed by atoms with Crippen molar-refractivity contribution in [1.29, 1.82) is 0 Å². The number of hydrogen-bond donors (Lipinski definition) is 0. The lowest BCUT2D eigenvalue weighted by molar-refractivity contribution is -0.358. The van der Waals surface area contributed by atoms with E-state index in [1.54, 1.807) is 0 Å². The summed E-state index contributed by atoms with van der Waals surface area (Å²) in [5.74, 6) is 0. The molecule has 1 unspecified atom stereocenters. The summed E-state index contributed by atoms with van der Waals surface area (Å²) in [4.78, 5) is 0. The molecule has 0 N–H and O–H groups in total. The van der Waals surface area contributed by atoms with E-state index in [4.69, 9.17) is 0 Å². The van der Waals surface area contributed by atoms with Crippen molar-refractivity contribution in [1.82, 2.24) is 0 Å². The second-order valence-electron chi connectivity index (χ2n) is 1.59. The van der Waals surface area contributed by atoms with E-state index >= 15 is 0 Å². The lowest BCUT2D eigenvalue weighted by Crippen LogP contribution is -2.50. The van der Waals surface area contributed by atoms with Crippen LogP contribution in [-0.2, 0) is 5.11 Å². The summed E-state index contributed by atoms with van der Waals surface area (Å²) in [5.41, 5.74) is 0. The predicted octanol–water partition coefficient (Wildman–Crippen LogP) is 2.48. The normalized spacial score (nSPS) is 19.6. The highest BCUT2D eigenvalue weighted by atomic mass is 35.5. The molecule has 0 saturated carbocycles. The molecule has 0 bridgehead atoms. The van der Waals surface area contributed by atoms with Crippen LogP contribution in [0.5, 0.6) is 0 Å². The molecule has 0 amide bonds. The number of rotatable bonds is 1. The Bertz CT molecular complexity index is 129. The van der Waals surface area contributed by atoms with Gasteiger partial charge in [0.15, 0.2) is 0 Å². The van der Waals surface area contributed by atoms with E-state index in [1.807, 2.05) is 0 Å². The van der Waals surface area contributed by atoms with E-state index in [2.05, 4.69) is 11.6 Å². The first-order valence-electron chi connectivity index (χ1n) is 2.03. The minimum Gasteiger partial charge on any atom is -0.206 e. The third-order valence-electron chi connectivity index (χ3n) is 0.722. The lowest BCUT2D eigenvalue weighted by atomic mass is 10.3. The number of alkyl halides is 7. The fourth-order valence-electron chi connectivity index (χ4n) is 0.165. The Labute approximate surface area is 61.6 Å². The van der Waals surface area contributed by atoms with Gasteiger partial charge in [-0.2, -0.15) is 27.1 Å². The Hall–Kier alpha value is -0.170. The molecule has 0 aliphatic rings. The summed E-state index contributed by atoms with van der Waals surface area (Å²) in [6, 6.07) is 0. The minimum absolute atomic E-state index is 3.63. The van der Waals surface area contributed by atoms with Crippen LogP contribution < -0.4 is 0 Å². The number of halogens is 7. The van der Waals surface area contributed by atoms with Gasteiger partial charge in [0, 0.05) is 0 Å². The third-order valence-corrected chi connectivity index (χ3v) is 1.16. The topological polar surface area (TPSA) is 19.9 Å². The quantitative estimate of drug-likeness (QED) is 0.459. The number of hydrogen-bond acceptors (Lipinski definition) is 0. The van der Waals surface area contributed by atoms with Gasteiger partial charge in [0.05, 0.1) is 0 Å². The molecule has 0 rings (SSSR count). The van der Waals surface area contributed by atoms with Crippen LogP contribution in [-0.4, -0.2) is 17.4 Å². The lowest BCUT2D eigenvalue weighted by Gasteiger charge is -2.23. The van der Waals surface area contributed by atoms with Crippen LogP contribution in [0.15, 0.2) is 0 Å². The Balaban J connectivity index is 4.75. The van der Waals surface area contributed by atoms with E-state index in [0.29, 0.717) is 0 Å². The van der Waals surface area contributed by atoms with Crippen LogP contribution in [0.4, 0.5) is 26.3 Å². The Morgan fingerprint density at radius 1 is 0.909 bits per heavy atom. The molecule has 8 heteroatoms. The standard InChI is InChI=1S/C3ClF6O/c4-1(5,2(6,7)8)3(9,10)11. The molecule has 0 aliphatic heterocycles. The molecule has 11 heavy (non-hydrogen) atoms. The first-order chi connectivity index (χ1) is 4.50. The summed E-state index contributed by atoms with van der Waals surface area (Å²) >= 11 is 3.63. The first-order valence-corrected chi connectivity index (χ1v) is 2.40. The zero-order valence-electron chi connectivity index (χ0n) is 4.55. The monoisotopic (exact) mass is 201 g/mol. The van der Waals surface area contributed by atoms with Crippen molar-refractivity contribution in [2.75, 3.05) is 0 Å². The summed E-state index contributed by atoms with van der Waals surface area (Å²) in [5, 5.41) is 3.67. The van der Waals surface area contributed by atoms with Crippen molar-refractivity contribution in [2.24, 2.45) is 0 Å². The van der Waals surface area contributed by atoms with Crippen molar-refractivity contribution in [3.05, 3.63) is 0 Å². The maximum atomic E-state index is 11.7. The summed E-state index contributed by atoms with van der Waals surface area (Å²) in [6.45, 7) is 0. The van der Waals surface area contributed by atoms with Gasteiger partial charge in [-0.05, 0) is 0 Å². The molecule has 1 nitrogen and oxygen atoms in total. The van der Waals surface area contributed by atoms with Gasteiger partial charge in [0.1, 0.15) is 0 Å². The minimum atomic E-state index is -6.08. The highest BCUT2D eigenvalue weighted by Gasteiger charge is 2.71. The summed E-state index contributed by atoms with van der Waals surface area (Å²) in [7, 11) is 0. The molecule has 0 aromatic carbocycles. The molecule has 0 fully saturated rings. The van der Waals surface area contributed by atoms with Crippen molar-refractivity contribution < 1.29 is 31.4 Å². The Morgan fingerprint density at radius 2 is 1.18 bits per heavy atom. The highest BCUT2D eigenvalue weighted by molar-refractivity contribution is 6.24. The van der Waals surface area contributed by atoms with Crippen LogP contribution >= 0.6 is 11.6 Å². The molecular weight excluding hydrogens is 201 g/mol. The van der Waals surface area contributed by atoms with E-state index in [9.17, 15) is 31.4 Å². The van der Waals surface area contributed by atoms with Crippen molar-refractivity contribution >= 4 is 11.6 Å². The predicted molar refractivity (Wildman–Crippen MR) is 21.4 cm³/mol. The molecule has 0 spiro atoms. The van der Waals surface area contributed by atoms with Crippen LogP contribution in [0.3, 0.4) is 0 Å². The van der Waals surface area contributed by atoms with Gasteiger partial charge in [-0.25, -0.2) is 4.39 Å². The van der Waals surface area contributed by atoms with Gasteiger partial charge in [-0.15, -0.1) is 0 Å². The molecule has 1 atom stereocenters. The summed E-state index contributed by atoms with van der Waals surface area (Å²) in [6.07, 6.45) is -12.0. The van der Waals surface area contributed by atoms with Crippen molar-refractivity contribution in [3.8, 4) is 0 Å². The van der Waals surface area contributed by atoms with Gasteiger partial charge >= 0.3 is 17.4 Å². The van der Waals surface area contributed by atoms with Crippen LogP contribution in [0, 0.1) is 0 Å². The van der Waals surface area contributed by atoms with Crippen LogP contribution in [0.1, 0.15) is 0 Å². The molecular formula is C3ClF6O. The zero-order valence-corrected chi connectivity index (χ0v) is 5.31. The van der Waals surface area contributed by atoms with Gasteiger partial charge in [-0.3, -0.25) is 0 Å². The van der Waals surface area contributed by atoms with Gasteiger partial charge in [-0.1, -0.05) is 11.6 Å². The van der Waals surface area contributed by atoms with E-state index in [-0.39, 0.29) is 0 Å². The van der Waals surface area contributed by atoms with E-state index in [0.717, 1.165) is 0 Å². The fraction of sp³-hybridized carbons (Fsp3) is 1.00. The average molecular weight is 201 g/mol. The second kappa shape index (κ2) is 2.41. The molecule has 0 aromatic heterocycles. The van der Waals surface area contributed by atoms with Crippen molar-refractivity contribution in [3.63, 3.8) is 0 Å². The molecule has 1 radical (unpaired) electrons. The highest BCUT2D eigenvalue weighted by Crippen LogP contribution is 2.47. The van der Waals surface area contributed by atoms with Crippen LogP contribution in [0.2, 0.25) is 0 Å².